The molecule has 0 aliphatic carbocycles. The van der Waals surface area contributed by atoms with Crippen LogP contribution in [0.5, 0.6) is 0 Å². The second kappa shape index (κ2) is 4.61. The van der Waals surface area contributed by atoms with Gasteiger partial charge in [0.2, 0.25) is 5.91 Å². The molecule has 16 heavy (non-hydrogen) atoms. The van der Waals surface area contributed by atoms with Crippen molar-refractivity contribution in [1.29, 1.82) is 0 Å². The maximum absolute atomic E-state index is 13.4. The lowest BCUT2D eigenvalue weighted by Gasteiger charge is -2.22. The monoisotopic (exact) mass is 224 g/mol. The van der Waals surface area contributed by atoms with Crippen LogP contribution in [0, 0.1) is 12.7 Å². The number of nitrogens with two attached hydrogens (primary N) is 1. The van der Waals surface area contributed by atoms with Gasteiger partial charge in [0.1, 0.15) is 5.82 Å². The molecule has 0 saturated heterocycles. The van der Waals surface area contributed by atoms with Crippen molar-refractivity contribution >= 4 is 5.91 Å². The van der Waals surface area contributed by atoms with Crippen molar-refractivity contribution < 1.29 is 9.18 Å². The van der Waals surface area contributed by atoms with Gasteiger partial charge in [-0.15, -0.1) is 0 Å². The molecule has 0 aliphatic heterocycles. The quantitative estimate of drug-likeness (QED) is 0.814. The summed E-state index contributed by atoms with van der Waals surface area (Å²) in [5.41, 5.74) is 5.89. The van der Waals surface area contributed by atoms with Crippen molar-refractivity contribution in [2.45, 2.75) is 32.9 Å². The Morgan fingerprint density at radius 3 is 2.69 bits per heavy atom. The Kier molecular flexibility index (Phi) is 3.65. The van der Waals surface area contributed by atoms with Crippen molar-refractivity contribution in [3.8, 4) is 0 Å². The summed E-state index contributed by atoms with van der Waals surface area (Å²) in [6, 6.07) is 4.88. The number of carbonyl (C=O) groups is 1. The SMILES string of the molecule is Cc1ccc(F)c(CNC(C)(C)C(N)=O)c1. The van der Waals surface area contributed by atoms with Crippen molar-refractivity contribution in [2.75, 3.05) is 0 Å². The number of hydrogen-bond donors (Lipinski definition) is 2. The number of amides is 1. The summed E-state index contributed by atoms with van der Waals surface area (Å²) in [6.07, 6.45) is 0. The Morgan fingerprint density at radius 2 is 2.12 bits per heavy atom. The number of benzene rings is 1. The summed E-state index contributed by atoms with van der Waals surface area (Å²) in [4.78, 5) is 11.1. The van der Waals surface area contributed by atoms with E-state index in [0.717, 1.165) is 5.56 Å². The number of carbonyl (C=O) groups excluding carboxylic acids is 1. The summed E-state index contributed by atoms with van der Waals surface area (Å²) in [5, 5.41) is 2.93. The van der Waals surface area contributed by atoms with Crippen LogP contribution >= 0.6 is 0 Å². The molecular weight excluding hydrogens is 207 g/mol. The van der Waals surface area contributed by atoms with Crippen LogP contribution in [0.2, 0.25) is 0 Å². The lowest BCUT2D eigenvalue weighted by atomic mass is 10.0. The van der Waals surface area contributed by atoms with Gasteiger partial charge in [-0.3, -0.25) is 10.1 Å². The van der Waals surface area contributed by atoms with Gasteiger partial charge in [0, 0.05) is 12.1 Å². The number of nitrogens with one attached hydrogen (secondary N) is 1. The normalized spacial score (nSPS) is 11.5. The van der Waals surface area contributed by atoms with E-state index in [-0.39, 0.29) is 12.4 Å². The molecule has 1 aromatic carbocycles. The highest BCUT2D eigenvalue weighted by Gasteiger charge is 2.23. The predicted molar refractivity (Wildman–Crippen MR) is 61.3 cm³/mol. The van der Waals surface area contributed by atoms with E-state index in [2.05, 4.69) is 5.32 Å². The zero-order valence-corrected chi connectivity index (χ0v) is 9.80. The first-order valence-electron chi connectivity index (χ1n) is 5.13. The van der Waals surface area contributed by atoms with E-state index < -0.39 is 11.4 Å². The first-order chi connectivity index (χ1) is 7.33. The van der Waals surface area contributed by atoms with E-state index in [1.54, 1.807) is 26.0 Å². The molecule has 1 aromatic rings. The average Bonchev–Trinajstić information content (AvgIpc) is 2.19. The number of primary amides is 1. The topological polar surface area (TPSA) is 55.1 Å². The van der Waals surface area contributed by atoms with Crippen molar-refractivity contribution in [2.24, 2.45) is 5.73 Å². The van der Waals surface area contributed by atoms with Crippen LogP contribution in [0.15, 0.2) is 18.2 Å². The van der Waals surface area contributed by atoms with Crippen molar-refractivity contribution in [3.63, 3.8) is 0 Å². The highest BCUT2D eigenvalue weighted by molar-refractivity contribution is 5.83. The third-order valence-corrected chi connectivity index (χ3v) is 2.54. The lowest BCUT2D eigenvalue weighted by Crippen LogP contribution is -2.50. The highest BCUT2D eigenvalue weighted by atomic mass is 19.1. The Labute approximate surface area is 94.8 Å². The molecule has 0 spiro atoms. The third-order valence-electron chi connectivity index (χ3n) is 2.54. The van der Waals surface area contributed by atoms with E-state index in [9.17, 15) is 9.18 Å². The molecule has 0 saturated carbocycles. The molecule has 88 valence electrons. The molecule has 1 rings (SSSR count). The maximum Gasteiger partial charge on any atom is 0.237 e. The Hall–Kier alpha value is -1.42. The molecule has 0 aliphatic rings. The van der Waals surface area contributed by atoms with Crippen LogP contribution < -0.4 is 11.1 Å². The number of aryl methyl sites for hydroxylation is 1. The van der Waals surface area contributed by atoms with E-state index in [1.165, 1.54) is 6.07 Å². The second-order valence-electron chi connectivity index (χ2n) is 4.44. The van der Waals surface area contributed by atoms with Gasteiger partial charge < -0.3 is 5.73 Å². The van der Waals surface area contributed by atoms with Gasteiger partial charge >= 0.3 is 0 Å². The van der Waals surface area contributed by atoms with E-state index in [0.29, 0.717) is 5.56 Å². The van der Waals surface area contributed by atoms with Crippen molar-refractivity contribution in [1.82, 2.24) is 5.32 Å². The fourth-order valence-corrected chi connectivity index (χ4v) is 1.24. The first kappa shape index (κ1) is 12.6. The lowest BCUT2D eigenvalue weighted by molar-refractivity contribution is -0.123. The maximum atomic E-state index is 13.4. The van der Waals surface area contributed by atoms with Gasteiger partial charge in [-0.2, -0.15) is 0 Å². The van der Waals surface area contributed by atoms with E-state index >= 15 is 0 Å². The smallest absolute Gasteiger partial charge is 0.237 e. The summed E-state index contributed by atoms with van der Waals surface area (Å²) in [7, 11) is 0. The minimum Gasteiger partial charge on any atom is -0.368 e. The van der Waals surface area contributed by atoms with Crippen LogP contribution in [0.25, 0.3) is 0 Å². The van der Waals surface area contributed by atoms with E-state index in [1.807, 2.05) is 6.92 Å². The molecule has 0 radical (unpaired) electrons. The molecule has 0 atom stereocenters. The van der Waals surface area contributed by atoms with Crippen LogP contribution in [0.3, 0.4) is 0 Å². The molecule has 0 bridgehead atoms. The fraction of sp³-hybridized carbons (Fsp3) is 0.417. The molecule has 0 heterocycles. The second-order valence-corrected chi connectivity index (χ2v) is 4.44. The molecular formula is C12H17FN2O. The standard InChI is InChI=1S/C12H17FN2O/c1-8-4-5-10(13)9(6-8)7-15-12(2,3)11(14)16/h4-6,15H,7H2,1-3H3,(H2,14,16). The number of hydrogen-bond acceptors (Lipinski definition) is 2. The van der Waals surface area contributed by atoms with Crippen LogP contribution in [-0.2, 0) is 11.3 Å². The van der Waals surface area contributed by atoms with Gasteiger partial charge in [-0.1, -0.05) is 17.7 Å². The summed E-state index contributed by atoms with van der Waals surface area (Å²) >= 11 is 0. The van der Waals surface area contributed by atoms with Crippen molar-refractivity contribution in [3.05, 3.63) is 35.1 Å². The zero-order valence-electron chi connectivity index (χ0n) is 9.80. The number of halogens is 1. The molecule has 0 unspecified atom stereocenters. The van der Waals surface area contributed by atoms with E-state index in [4.69, 9.17) is 5.73 Å². The summed E-state index contributed by atoms with van der Waals surface area (Å²) in [5.74, 6) is -0.737. The minimum atomic E-state index is -0.837. The van der Waals surface area contributed by atoms with Crippen LogP contribution in [0.1, 0.15) is 25.0 Å². The van der Waals surface area contributed by atoms with Gasteiger partial charge in [-0.05, 0) is 26.8 Å². The Bertz CT molecular complexity index is 402. The fourth-order valence-electron chi connectivity index (χ4n) is 1.24. The molecule has 4 heteroatoms. The summed E-state index contributed by atoms with van der Waals surface area (Å²) in [6.45, 7) is 5.51. The van der Waals surface area contributed by atoms with Crippen LogP contribution in [0.4, 0.5) is 4.39 Å². The molecule has 3 N–H and O–H groups in total. The minimum absolute atomic E-state index is 0.279. The Balaban J connectivity index is 2.75. The predicted octanol–water partition coefficient (Wildman–Crippen LogP) is 1.49. The Morgan fingerprint density at radius 1 is 1.50 bits per heavy atom. The number of rotatable bonds is 4. The molecule has 3 nitrogen and oxygen atoms in total. The zero-order chi connectivity index (χ0) is 12.3. The highest BCUT2D eigenvalue weighted by Crippen LogP contribution is 2.11. The third kappa shape index (κ3) is 3.03. The first-order valence-corrected chi connectivity index (χ1v) is 5.13. The van der Waals surface area contributed by atoms with Gasteiger partial charge in [0.05, 0.1) is 5.54 Å². The average molecular weight is 224 g/mol. The molecule has 0 aromatic heterocycles. The summed E-state index contributed by atoms with van der Waals surface area (Å²) < 4.78 is 13.4. The van der Waals surface area contributed by atoms with Gasteiger partial charge in [0.15, 0.2) is 0 Å². The largest absolute Gasteiger partial charge is 0.368 e. The van der Waals surface area contributed by atoms with Gasteiger partial charge in [0.25, 0.3) is 0 Å². The van der Waals surface area contributed by atoms with Crippen LogP contribution in [-0.4, -0.2) is 11.4 Å². The molecule has 0 fully saturated rings. The van der Waals surface area contributed by atoms with Gasteiger partial charge in [-0.25, -0.2) is 4.39 Å². The molecule has 1 amide bonds.